The molecular formula is C25H27ClFN7O2. The van der Waals surface area contributed by atoms with E-state index in [-0.39, 0.29) is 23.2 Å². The van der Waals surface area contributed by atoms with Gasteiger partial charge in [-0.3, -0.25) is 5.41 Å². The molecule has 1 aliphatic rings. The van der Waals surface area contributed by atoms with Crippen LogP contribution < -0.4 is 10.6 Å². The largest absolute Gasteiger partial charge is 0.462 e. The smallest absolute Gasteiger partial charge is 0.341 e. The summed E-state index contributed by atoms with van der Waals surface area (Å²) in [7, 11) is 0. The van der Waals surface area contributed by atoms with Gasteiger partial charge < -0.3 is 15.4 Å². The van der Waals surface area contributed by atoms with Crippen LogP contribution in [0.4, 0.5) is 10.2 Å². The zero-order valence-corrected chi connectivity index (χ0v) is 21.0. The van der Waals surface area contributed by atoms with Crippen molar-refractivity contribution in [3.8, 4) is 5.82 Å². The Balaban J connectivity index is 1.64. The number of aryl methyl sites for hydroxylation is 1. The highest BCUT2D eigenvalue weighted by Gasteiger charge is 2.23. The van der Waals surface area contributed by atoms with Crippen molar-refractivity contribution in [1.82, 2.24) is 25.1 Å². The van der Waals surface area contributed by atoms with Crippen LogP contribution in [0.5, 0.6) is 0 Å². The Morgan fingerprint density at radius 1 is 1.25 bits per heavy atom. The Morgan fingerprint density at radius 2 is 1.97 bits per heavy atom. The van der Waals surface area contributed by atoms with Crippen LogP contribution in [0.2, 0.25) is 0 Å². The standard InChI is InChI=1S/C25H27ClFN7O2/c1-4-36-25(35)21-14(2)33-34(15(21)3)20-11-19(30-13-31-20)32-24(29-12-16-5-6-16)22(26)23(28)17-7-9-18(27)10-8-17/h7-11,13,16,28-29H,4-6,12H2,1-3H3,(H,30,31,32)/b24-22-,28-23?. The predicted molar refractivity (Wildman–Crippen MR) is 135 cm³/mol. The molecule has 0 atom stereocenters. The molecule has 1 fully saturated rings. The van der Waals surface area contributed by atoms with Gasteiger partial charge in [-0.05, 0) is 63.8 Å². The van der Waals surface area contributed by atoms with Crippen molar-refractivity contribution in [3.63, 3.8) is 0 Å². The van der Waals surface area contributed by atoms with Crippen molar-refractivity contribution >= 4 is 29.1 Å². The minimum Gasteiger partial charge on any atom is -0.462 e. The highest BCUT2D eigenvalue weighted by molar-refractivity contribution is 6.46. The lowest BCUT2D eigenvalue weighted by Gasteiger charge is -2.16. The fourth-order valence-electron chi connectivity index (χ4n) is 3.64. The lowest BCUT2D eigenvalue weighted by atomic mass is 10.1. The number of allylic oxidation sites excluding steroid dienone is 1. The number of nitrogens with one attached hydrogen (secondary N) is 3. The third-order valence-electron chi connectivity index (χ3n) is 5.73. The third kappa shape index (κ3) is 5.71. The van der Waals surface area contributed by atoms with E-state index in [0.29, 0.717) is 52.4 Å². The number of carbonyl (C=O) groups excluding carboxylic acids is 1. The number of halogens is 2. The predicted octanol–water partition coefficient (Wildman–Crippen LogP) is 4.48. The van der Waals surface area contributed by atoms with Gasteiger partial charge in [-0.15, -0.1) is 0 Å². The summed E-state index contributed by atoms with van der Waals surface area (Å²) >= 11 is 6.62. The summed E-state index contributed by atoms with van der Waals surface area (Å²) in [5.74, 6) is 0.974. The summed E-state index contributed by atoms with van der Waals surface area (Å²) in [6.07, 6.45) is 3.63. The Bertz CT molecular complexity index is 1320. The maximum absolute atomic E-state index is 13.3. The van der Waals surface area contributed by atoms with Crippen LogP contribution in [0.15, 0.2) is 47.5 Å². The van der Waals surface area contributed by atoms with Crippen LogP contribution in [0.3, 0.4) is 0 Å². The number of anilines is 1. The van der Waals surface area contributed by atoms with Crippen LogP contribution in [0.1, 0.15) is 47.1 Å². The number of carbonyl (C=O) groups is 1. The molecule has 0 bridgehead atoms. The van der Waals surface area contributed by atoms with Gasteiger partial charge in [0, 0.05) is 18.2 Å². The van der Waals surface area contributed by atoms with Crippen LogP contribution in [-0.4, -0.2) is 44.6 Å². The van der Waals surface area contributed by atoms with E-state index in [2.05, 4.69) is 25.7 Å². The second-order valence-corrected chi connectivity index (χ2v) is 8.84. The molecule has 0 radical (unpaired) electrons. The van der Waals surface area contributed by atoms with E-state index in [0.717, 1.165) is 12.8 Å². The second kappa shape index (κ2) is 10.9. The summed E-state index contributed by atoms with van der Waals surface area (Å²) in [5, 5.41) is 19.6. The molecule has 11 heteroatoms. The Kier molecular flexibility index (Phi) is 7.64. The van der Waals surface area contributed by atoms with E-state index < -0.39 is 5.97 Å². The first-order valence-corrected chi connectivity index (χ1v) is 12.0. The fraction of sp³-hybridized carbons (Fsp3) is 0.320. The van der Waals surface area contributed by atoms with Crippen molar-refractivity contribution in [1.29, 1.82) is 5.41 Å². The van der Waals surface area contributed by atoms with Crippen molar-refractivity contribution < 1.29 is 13.9 Å². The molecule has 36 heavy (non-hydrogen) atoms. The number of rotatable bonds is 10. The molecule has 3 aromatic rings. The minimum atomic E-state index is -0.438. The number of ether oxygens (including phenoxy) is 1. The van der Waals surface area contributed by atoms with E-state index in [9.17, 15) is 9.18 Å². The molecular weight excluding hydrogens is 485 g/mol. The van der Waals surface area contributed by atoms with Gasteiger partial charge in [0.1, 0.15) is 34.4 Å². The van der Waals surface area contributed by atoms with Crippen molar-refractivity contribution in [2.24, 2.45) is 5.92 Å². The lowest BCUT2D eigenvalue weighted by molar-refractivity contribution is 0.0524. The molecule has 0 saturated heterocycles. The second-order valence-electron chi connectivity index (χ2n) is 8.46. The maximum Gasteiger partial charge on any atom is 0.341 e. The van der Waals surface area contributed by atoms with E-state index in [1.54, 1.807) is 31.5 Å². The quantitative estimate of drug-likeness (QED) is 0.271. The summed E-state index contributed by atoms with van der Waals surface area (Å²) in [6, 6.07) is 7.25. The van der Waals surface area contributed by atoms with E-state index in [1.165, 1.54) is 30.6 Å². The zero-order valence-electron chi connectivity index (χ0n) is 20.2. The van der Waals surface area contributed by atoms with Gasteiger partial charge in [0.15, 0.2) is 5.82 Å². The van der Waals surface area contributed by atoms with Crippen molar-refractivity contribution in [3.05, 3.63) is 75.8 Å². The Labute approximate surface area is 213 Å². The Hall–Kier alpha value is -3.79. The molecule has 1 saturated carbocycles. The highest BCUT2D eigenvalue weighted by atomic mass is 35.5. The average molecular weight is 512 g/mol. The molecule has 188 valence electrons. The van der Waals surface area contributed by atoms with Gasteiger partial charge >= 0.3 is 5.97 Å². The summed E-state index contributed by atoms with van der Waals surface area (Å²) in [4.78, 5) is 21.0. The third-order valence-corrected chi connectivity index (χ3v) is 6.11. The highest BCUT2D eigenvalue weighted by Crippen LogP contribution is 2.28. The number of hydrogen-bond donors (Lipinski definition) is 3. The van der Waals surface area contributed by atoms with Crippen molar-refractivity contribution in [2.45, 2.75) is 33.6 Å². The molecule has 3 N–H and O–H groups in total. The summed E-state index contributed by atoms with van der Waals surface area (Å²) in [6.45, 7) is 6.21. The number of benzene rings is 1. The van der Waals surface area contributed by atoms with E-state index in [1.807, 2.05) is 0 Å². The van der Waals surface area contributed by atoms with Gasteiger partial charge in [0.05, 0.1) is 23.7 Å². The molecule has 9 nitrogen and oxygen atoms in total. The van der Waals surface area contributed by atoms with Gasteiger partial charge in [0.2, 0.25) is 0 Å². The summed E-state index contributed by atoms with van der Waals surface area (Å²) in [5.41, 5.74) is 2.03. The van der Waals surface area contributed by atoms with E-state index >= 15 is 0 Å². The first-order chi connectivity index (χ1) is 17.3. The van der Waals surface area contributed by atoms with Crippen LogP contribution in [0.25, 0.3) is 5.82 Å². The Morgan fingerprint density at radius 3 is 2.64 bits per heavy atom. The monoisotopic (exact) mass is 511 g/mol. The normalized spacial score (nSPS) is 13.7. The number of nitrogens with zero attached hydrogens (tertiary/aromatic N) is 4. The molecule has 0 unspecified atom stereocenters. The maximum atomic E-state index is 13.3. The number of aromatic nitrogens is 4. The SMILES string of the molecule is CCOC(=O)c1c(C)nn(-c2cc(N/C(NCC3CC3)=C(\Cl)C(=N)c3ccc(F)cc3)ncn2)c1C. The molecule has 2 heterocycles. The first kappa shape index (κ1) is 25.3. The molecule has 1 aromatic carbocycles. The van der Waals surface area contributed by atoms with Crippen LogP contribution in [-0.2, 0) is 4.74 Å². The lowest BCUT2D eigenvalue weighted by Crippen LogP contribution is -2.25. The number of hydrogen-bond acceptors (Lipinski definition) is 8. The molecule has 1 aliphatic carbocycles. The number of esters is 1. The van der Waals surface area contributed by atoms with Crippen LogP contribution in [0, 0.1) is 31.0 Å². The van der Waals surface area contributed by atoms with Gasteiger partial charge in [0.25, 0.3) is 0 Å². The molecule has 0 aliphatic heterocycles. The minimum absolute atomic E-state index is 0.0365. The molecule has 0 spiro atoms. The molecule has 2 aromatic heterocycles. The average Bonchev–Trinajstić information content (AvgIpc) is 3.64. The van der Waals surface area contributed by atoms with E-state index in [4.69, 9.17) is 21.7 Å². The first-order valence-electron chi connectivity index (χ1n) is 11.6. The topological polar surface area (TPSA) is 118 Å². The van der Waals surface area contributed by atoms with Crippen LogP contribution >= 0.6 is 11.6 Å². The molecule has 0 amide bonds. The fourth-order valence-corrected chi connectivity index (χ4v) is 3.86. The van der Waals surface area contributed by atoms with Crippen molar-refractivity contribution in [2.75, 3.05) is 18.5 Å². The van der Waals surface area contributed by atoms with Gasteiger partial charge in [-0.25, -0.2) is 23.8 Å². The zero-order chi connectivity index (χ0) is 25.8. The summed E-state index contributed by atoms with van der Waals surface area (Å²) < 4.78 is 20.0. The van der Waals surface area contributed by atoms with Gasteiger partial charge in [-0.1, -0.05) is 11.6 Å². The molecule has 4 rings (SSSR count). The van der Waals surface area contributed by atoms with Gasteiger partial charge in [-0.2, -0.15) is 5.10 Å².